The highest BCUT2D eigenvalue weighted by Gasteiger charge is 2.12. The minimum Gasteiger partial charge on any atom is -0.378 e. The fourth-order valence-corrected chi connectivity index (χ4v) is 1.93. The molecule has 1 N–H and O–H groups in total. The van der Waals surface area contributed by atoms with Gasteiger partial charge in [0.05, 0.1) is 13.2 Å². The Labute approximate surface area is 102 Å². The average molecular weight is 234 g/mol. The van der Waals surface area contributed by atoms with Gasteiger partial charge in [-0.1, -0.05) is 6.07 Å². The summed E-state index contributed by atoms with van der Waals surface area (Å²) < 4.78 is 5.32. The molecule has 1 aromatic carbocycles. The molecule has 0 aliphatic carbocycles. The van der Waals surface area contributed by atoms with Gasteiger partial charge in [0.2, 0.25) is 0 Å². The Balaban J connectivity index is 2.12. The van der Waals surface area contributed by atoms with Crippen LogP contribution in [0.1, 0.15) is 17.3 Å². The molecule has 17 heavy (non-hydrogen) atoms. The lowest BCUT2D eigenvalue weighted by molar-refractivity contribution is 0.0956. The number of rotatable bonds is 3. The number of ether oxygens (including phenoxy) is 1. The second-order valence-corrected chi connectivity index (χ2v) is 4.01. The van der Waals surface area contributed by atoms with Gasteiger partial charge in [-0.05, 0) is 25.1 Å². The normalized spacial score (nSPS) is 15.7. The smallest absolute Gasteiger partial charge is 0.251 e. The first-order chi connectivity index (χ1) is 8.31. The molecule has 1 aliphatic rings. The Kier molecular flexibility index (Phi) is 3.98. The minimum absolute atomic E-state index is 0.0115. The summed E-state index contributed by atoms with van der Waals surface area (Å²) in [6.07, 6.45) is 0. The second-order valence-electron chi connectivity index (χ2n) is 4.01. The van der Waals surface area contributed by atoms with E-state index < -0.39 is 0 Å². The van der Waals surface area contributed by atoms with Gasteiger partial charge in [-0.25, -0.2) is 0 Å². The Bertz CT molecular complexity index is 387. The fraction of sp³-hybridized carbons (Fsp3) is 0.462. The van der Waals surface area contributed by atoms with Crippen molar-refractivity contribution in [2.45, 2.75) is 6.92 Å². The van der Waals surface area contributed by atoms with E-state index in [-0.39, 0.29) is 5.91 Å². The van der Waals surface area contributed by atoms with E-state index in [1.165, 1.54) is 0 Å². The molecule has 2 rings (SSSR count). The Morgan fingerprint density at radius 2 is 2.18 bits per heavy atom. The van der Waals surface area contributed by atoms with Crippen LogP contribution in [0.3, 0.4) is 0 Å². The molecule has 0 spiro atoms. The van der Waals surface area contributed by atoms with Crippen LogP contribution >= 0.6 is 0 Å². The fourth-order valence-electron chi connectivity index (χ4n) is 1.93. The van der Waals surface area contributed by atoms with E-state index in [1.54, 1.807) is 0 Å². The van der Waals surface area contributed by atoms with Crippen molar-refractivity contribution < 1.29 is 9.53 Å². The van der Waals surface area contributed by atoms with Crippen molar-refractivity contribution in [2.24, 2.45) is 0 Å². The molecule has 0 saturated carbocycles. The zero-order valence-electron chi connectivity index (χ0n) is 10.1. The van der Waals surface area contributed by atoms with Gasteiger partial charge in [0.15, 0.2) is 0 Å². The second kappa shape index (κ2) is 5.68. The third-order valence-corrected chi connectivity index (χ3v) is 2.82. The van der Waals surface area contributed by atoms with Gasteiger partial charge in [-0.3, -0.25) is 4.79 Å². The molecule has 0 aromatic heterocycles. The molecule has 1 fully saturated rings. The van der Waals surface area contributed by atoms with E-state index in [2.05, 4.69) is 10.2 Å². The number of carbonyl (C=O) groups excluding carboxylic acids is 1. The number of hydrogen-bond acceptors (Lipinski definition) is 3. The van der Waals surface area contributed by atoms with Crippen molar-refractivity contribution in [1.29, 1.82) is 0 Å². The van der Waals surface area contributed by atoms with E-state index in [4.69, 9.17) is 4.74 Å². The van der Waals surface area contributed by atoms with Crippen molar-refractivity contribution in [3.8, 4) is 0 Å². The summed E-state index contributed by atoms with van der Waals surface area (Å²) in [5.74, 6) is -0.0115. The number of amides is 1. The van der Waals surface area contributed by atoms with Crippen LogP contribution < -0.4 is 10.2 Å². The van der Waals surface area contributed by atoms with Gasteiger partial charge in [-0.2, -0.15) is 0 Å². The topological polar surface area (TPSA) is 41.6 Å². The Morgan fingerprint density at radius 1 is 1.41 bits per heavy atom. The number of morpholine rings is 1. The zero-order valence-corrected chi connectivity index (χ0v) is 10.1. The van der Waals surface area contributed by atoms with Crippen LogP contribution in [0.15, 0.2) is 24.3 Å². The molecule has 1 saturated heterocycles. The van der Waals surface area contributed by atoms with Gasteiger partial charge in [-0.15, -0.1) is 0 Å². The van der Waals surface area contributed by atoms with Crippen molar-refractivity contribution >= 4 is 11.6 Å². The summed E-state index contributed by atoms with van der Waals surface area (Å²) in [4.78, 5) is 14.0. The number of anilines is 1. The lowest BCUT2D eigenvalue weighted by Gasteiger charge is -2.29. The first-order valence-electron chi connectivity index (χ1n) is 6.02. The predicted octanol–water partition coefficient (Wildman–Crippen LogP) is 1.27. The number of carbonyl (C=O) groups is 1. The van der Waals surface area contributed by atoms with Crippen LogP contribution in [0.2, 0.25) is 0 Å². The molecule has 1 amide bonds. The molecule has 4 nitrogen and oxygen atoms in total. The zero-order chi connectivity index (χ0) is 12.1. The maximum absolute atomic E-state index is 11.7. The molecule has 0 radical (unpaired) electrons. The SMILES string of the molecule is CCNC(=O)c1cccc(N2CCOCC2)c1. The summed E-state index contributed by atoms with van der Waals surface area (Å²) in [6, 6.07) is 7.74. The third-order valence-electron chi connectivity index (χ3n) is 2.82. The quantitative estimate of drug-likeness (QED) is 0.856. The van der Waals surface area contributed by atoms with Gasteiger partial charge < -0.3 is 15.0 Å². The molecule has 1 heterocycles. The van der Waals surface area contributed by atoms with E-state index in [9.17, 15) is 4.79 Å². The van der Waals surface area contributed by atoms with E-state index in [1.807, 2.05) is 31.2 Å². The molecule has 1 aromatic rings. The largest absolute Gasteiger partial charge is 0.378 e. The van der Waals surface area contributed by atoms with Crippen LogP contribution in [-0.4, -0.2) is 38.8 Å². The maximum Gasteiger partial charge on any atom is 0.251 e. The lowest BCUT2D eigenvalue weighted by Crippen LogP contribution is -2.36. The molecule has 0 atom stereocenters. The highest BCUT2D eigenvalue weighted by Crippen LogP contribution is 2.17. The van der Waals surface area contributed by atoms with Gasteiger partial charge in [0.25, 0.3) is 5.91 Å². The van der Waals surface area contributed by atoms with Crippen molar-refractivity contribution in [1.82, 2.24) is 5.32 Å². The number of nitrogens with one attached hydrogen (secondary N) is 1. The van der Waals surface area contributed by atoms with Gasteiger partial charge in [0.1, 0.15) is 0 Å². The number of nitrogens with zero attached hydrogens (tertiary/aromatic N) is 1. The van der Waals surface area contributed by atoms with Crippen LogP contribution in [0.4, 0.5) is 5.69 Å². The number of benzene rings is 1. The van der Waals surface area contributed by atoms with Crippen LogP contribution in [0.5, 0.6) is 0 Å². The van der Waals surface area contributed by atoms with Gasteiger partial charge >= 0.3 is 0 Å². The molecule has 1 aliphatic heterocycles. The first-order valence-corrected chi connectivity index (χ1v) is 6.02. The Hall–Kier alpha value is -1.55. The van der Waals surface area contributed by atoms with E-state index in [0.29, 0.717) is 6.54 Å². The molecule has 0 unspecified atom stereocenters. The highest BCUT2D eigenvalue weighted by atomic mass is 16.5. The standard InChI is InChI=1S/C13H18N2O2/c1-2-14-13(16)11-4-3-5-12(10-11)15-6-8-17-9-7-15/h3-5,10H,2,6-9H2,1H3,(H,14,16). The van der Waals surface area contributed by atoms with Crippen molar-refractivity contribution in [3.63, 3.8) is 0 Å². The van der Waals surface area contributed by atoms with Crippen LogP contribution in [0.25, 0.3) is 0 Å². The summed E-state index contributed by atoms with van der Waals surface area (Å²) in [5.41, 5.74) is 1.81. The summed E-state index contributed by atoms with van der Waals surface area (Å²) in [7, 11) is 0. The summed E-state index contributed by atoms with van der Waals surface area (Å²) in [6.45, 7) is 5.86. The van der Waals surface area contributed by atoms with Crippen LogP contribution in [-0.2, 0) is 4.74 Å². The first kappa shape index (κ1) is 11.9. The van der Waals surface area contributed by atoms with Crippen molar-refractivity contribution in [2.75, 3.05) is 37.7 Å². The van der Waals surface area contributed by atoms with E-state index >= 15 is 0 Å². The van der Waals surface area contributed by atoms with Crippen LogP contribution in [0, 0.1) is 0 Å². The lowest BCUT2D eigenvalue weighted by atomic mass is 10.1. The number of hydrogen-bond donors (Lipinski definition) is 1. The molecule has 0 bridgehead atoms. The molecule has 4 heteroatoms. The maximum atomic E-state index is 11.7. The average Bonchev–Trinajstić information content (AvgIpc) is 2.40. The monoisotopic (exact) mass is 234 g/mol. The highest BCUT2D eigenvalue weighted by molar-refractivity contribution is 5.95. The van der Waals surface area contributed by atoms with Gasteiger partial charge in [0, 0.05) is 30.9 Å². The minimum atomic E-state index is -0.0115. The Morgan fingerprint density at radius 3 is 2.88 bits per heavy atom. The predicted molar refractivity (Wildman–Crippen MR) is 67.5 cm³/mol. The summed E-state index contributed by atoms with van der Waals surface area (Å²) >= 11 is 0. The molecular formula is C13H18N2O2. The molecule has 92 valence electrons. The summed E-state index contributed by atoms with van der Waals surface area (Å²) in [5, 5.41) is 2.81. The molecular weight excluding hydrogens is 216 g/mol. The third kappa shape index (κ3) is 2.97. The van der Waals surface area contributed by atoms with Crippen molar-refractivity contribution in [3.05, 3.63) is 29.8 Å². The van der Waals surface area contributed by atoms with E-state index in [0.717, 1.165) is 37.6 Å².